The van der Waals surface area contributed by atoms with Crippen LogP contribution in [0.4, 0.5) is 0 Å². The first-order chi connectivity index (χ1) is 11.8. The lowest BCUT2D eigenvalue weighted by molar-refractivity contribution is 0.401. The molecule has 0 aromatic heterocycles. The van der Waals surface area contributed by atoms with Crippen molar-refractivity contribution in [3.05, 3.63) is 122 Å². The lowest BCUT2D eigenvalue weighted by Gasteiger charge is -2.39. The van der Waals surface area contributed by atoms with Gasteiger partial charge in [0.05, 0.1) is 0 Å². The van der Waals surface area contributed by atoms with Crippen molar-refractivity contribution in [2.45, 2.75) is 19.3 Å². The van der Waals surface area contributed by atoms with Crippen LogP contribution >= 0.6 is 0 Å². The van der Waals surface area contributed by atoms with Crippen molar-refractivity contribution in [2.24, 2.45) is 5.41 Å². The Morgan fingerprint density at radius 1 is 0.875 bits per heavy atom. The van der Waals surface area contributed by atoms with Gasteiger partial charge in [-0.2, -0.15) is 0 Å². The van der Waals surface area contributed by atoms with Crippen LogP contribution < -0.4 is 0 Å². The molecule has 2 atom stereocenters. The normalized spacial score (nSPS) is 35.0. The van der Waals surface area contributed by atoms with E-state index < -0.39 is 0 Å². The van der Waals surface area contributed by atoms with Crippen molar-refractivity contribution in [1.82, 2.24) is 0 Å². The quantitative estimate of drug-likeness (QED) is 0.702. The average molecular weight is 308 g/mol. The molecule has 1 aromatic carbocycles. The summed E-state index contributed by atoms with van der Waals surface area (Å²) in [5, 5.41) is 0. The zero-order valence-corrected chi connectivity index (χ0v) is 13.9. The maximum absolute atomic E-state index is 2.43. The van der Waals surface area contributed by atoms with Crippen LogP contribution in [0.1, 0.15) is 24.8 Å². The Hall–Kier alpha value is -1.30. The maximum Gasteiger partial charge on any atom is 0.0164 e. The molecule has 5 rings (SSSR count). The minimum atomic E-state index is 0.0858. The Kier molecular flexibility index (Phi) is 3.51. The minimum Gasteiger partial charge on any atom is -0.0762 e. The van der Waals surface area contributed by atoms with Crippen LogP contribution in [0.2, 0.25) is 0 Å². The van der Waals surface area contributed by atoms with Gasteiger partial charge in [-0.3, -0.25) is 0 Å². The van der Waals surface area contributed by atoms with E-state index >= 15 is 0 Å². The van der Waals surface area contributed by atoms with E-state index in [9.17, 15) is 0 Å². The molecule has 0 spiro atoms. The number of hydrogen-bond donors (Lipinski definition) is 0. The highest BCUT2D eigenvalue weighted by molar-refractivity contribution is 5.69. The Morgan fingerprint density at radius 2 is 1.71 bits per heavy atom. The molecule has 0 N–H and O–H groups in total. The Balaban J connectivity index is 1.49. The molecule has 10 radical (unpaired) electrons. The highest BCUT2D eigenvalue weighted by atomic mass is 14.6. The first-order valence-electron chi connectivity index (χ1n) is 8.73. The molecule has 0 amide bonds. The van der Waals surface area contributed by atoms with E-state index in [1.807, 2.05) is 0 Å². The molecule has 0 saturated heterocycles. The van der Waals surface area contributed by atoms with Crippen LogP contribution in [-0.4, -0.2) is 0 Å². The molecular formula is C24H20. The van der Waals surface area contributed by atoms with Crippen molar-refractivity contribution < 1.29 is 0 Å². The van der Waals surface area contributed by atoms with Crippen molar-refractivity contribution in [3.8, 4) is 0 Å². The zero-order chi connectivity index (χ0) is 16.1. The summed E-state index contributed by atoms with van der Waals surface area (Å²) in [5.74, 6) is 7.74. The summed E-state index contributed by atoms with van der Waals surface area (Å²) in [6.45, 7) is 2.43. The zero-order valence-electron chi connectivity index (χ0n) is 13.9. The topological polar surface area (TPSA) is 0 Å². The monoisotopic (exact) mass is 308 g/mol. The van der Waals surface area contributed by atoms with Crippen molar-refractivity contribution >= 4 is 0 Å². The van der Waals surface area contributed by atoms with E-state index in [2.05, 4.69) is 93.7 Å². The molecule has 0 heteroatoms. The van der Waals surface area contributed by atoms with Crippen molar-refractivity contribution in [2.75, 3.05) is 0 Å². The summed E-state index contributed by atoms with van der Waals surface area (Å²) < 4.78 is 0. The van der Waals surface area contributed by atoms with Gasteiger partial charge >= 0.3 is 0 Å². The molecule has 3 saturated carbocycles. The van der Waals surface area contributed by atoms with Crippen LogP contribution in [-0.2, 0) is 0 Å². The molecule has 2 unspecified atom stereocenters. The Morgan fingerprint density at radius 3 is 2.58 bits per heavy atom. The van der Waals surface area contributed by atoms with Crippen molar-refractivity contribution in [3.63, 3.8) is 0 Å². The molecule has 4 aliphatic rings. The fraction of sp³-hybridized carbons (Fsp3) is 0.167. The summed E-state index contributed by atoms with van der Waals surface area (Å²) in [7, 11) is 0. The molecule has 116 valence electrons. The smallest absolute Gasteiger partial charge is 0.0164 e. The predicted molar refractivity (Wildman–Crippen MR) is 97.9 cm³/mol. The van der Waals surface area contributed by atoms with E-state index in [-0.39, 0.29) is 5.41 Å². The van der Waals surface area contributed by atoms with Crippen LogP contribution in [0, 0.1) is 67.1 Å². The third-order valence-corrected chi connectivity index (χ3v) is 5.91. The van der Waals surface area contributed by atoms with E-state index in [1.165, 1.54) is 35.2 Å². The molecule has 0 aliphatic heterocycles. The third kappa shape index (κ3) is 2.11. The standard InChI is InChI=1S/C24H20/c1-24(23-15-14-18-10-5-6-11-19(18)23)16-21(17-8-3-2-4-9-17)20-12-7-13-22(20)24/h2-15,21H,16H2,1H3. The Labute approximate surface area is 147 Å². The molecule has 0 nitrogen and oxygen atoms in total. The number of allylic oxidation sites excluding steroid dienone is 4. The molecular weight excluding hydrogens is 288 g/mol. The van der Waals surface area contributed by atoms with Gasteiger partial charge in [-0.25, -0.2) is 0 Å². The van der Waals surface area contributed by atoms with Crippen molar-refractivity contribution in [1.29, 1.82) is 0 Å². The largest absolute Gasteiger partial charge is 0.0762 e. The fourth-order valence-corrected chi connectivity index (χ4v) is 4.74. The summed E-state index contributed by atoms with van der Waals surface area (Å²) in [4.78, 5) is 0. The fourth-order valence-electron chi connectivity index (χ4n) is 4.74. The second kappa shape index (κ2) is 5.61. The maximum atomic E-state index is 2.43. The van der Waals surface area contributed by atoms with Crippen LogP contribution in [0.5, 0.6) is 0 Å². The average Bonchev–Trinajstić information content (AvgIpc) is 3.32. The van der Waals surface area contributed by atoms with Gasteiger partial charge in [0.2, 0.25) is 0 Å². The predicted octanol–water partition coefficient (Wildman–Crippen LogP) is 5.23. The van der Waals surface area contributed by atoms with Crippen LogP contribution in [0.3, 0.4) is 0 Å². The van der Waals surface area contributed by atoms with Gasteiger partial charge in [0.1, 0.15) is 0 Å². The summed E-state index contributed by atoms with van der Waals surface area (Å²) in [6, 6.07) is 11.0. The SMILES string of the molecule is CC1([C]2[CH][CH][C]3C=CC=C[C]32)CC(c2ccccc2)[C]2[CH][CH][CH][C]21. The van der Waals surface area contributed by atoms with Gasteiger partial charge in [-0.1, -0.05) is 61.6 Å². The van der Waals surface area contributed by atoms with Gasteiger partial charge in [-0.15, -0.1) is 0 Å². The van der Waals surface area contributed by atoms with Crippen LogP contribution in [0.15, 0.2) is 54.6 Å². The lowest BCUT2D eigenvalue weighted by atomic mass is 9.63. The van der Waals surface area contributed by atoms with Gasteiger partial charge in [0.15, 0.2) is 0 Å². The lowest BCUT2D eigenvalue weighted by Crippen LogP contribution is -2.31. The van der Waals surface area contributed by atoms with Gasteiger partial charge < -0.3 is 0 Å². The highest BCUT2D eigenvalue weighted by Gasteiger charge is 2.59. The van der Waals surface area contributed by atoms with E-state index in [0.29, 0.717) is 5.92 Å². The van der Waals surface area contributed by atoms with Gasteiger partial charge in [0.25, 0.3) is 0 Å². The second-order valence-electron chi connectivity index (χ2n) is 7.23. The molecule has 1 aromatic rings. The molecule has 0 bridgehead atoms. The van der Waals surface area contributed by atoms with E-state index in [1.54, 1.807) is 0 Å². The van der Waals surface area contributed by atoms with Gasteiger partial charge in [0, 0.05) is 11.8 Å². The van der Waals surface area contributed by atoms with Gasteiger partial charge in [-0.05, 0) is 73.2 Å². The molecule has 4 aliphatic carbocycles. The summed E-state index contributed by atoms with van der Waals surface area (Å²) in [5.41, 5.74) is 1.52. The highest BCUT2D eigenvalue weighted by Crippen LogP contribution is 2.69. The molecule has 24 heavy (non-hydrogen) atoms. The van der Waals surface area contributed by atoms with E-state index in [0.717, 1.165) is 6.42 Å². The number of benzene rings is 1. The molecule has 0 heterocycles. The minimum absolute atomic E-state index is 0.0858. The Bertz CT molecular complexity index is 654. The summed E-state index contributed by atoms with van der Waals surface area (Å²) >= 11 is 0. The van der Waals surface area contributed by atoms with Crippen LogP contribution in [0.25, 0.3) is 0 Å². The summed E-state index contributed by atoms with van der Waals surface area (Å²) in [6.07, 6.45) is 21.4. The molecule has 3 fully saturated rings. The third-order valence-electron chi connectivity index (χ3n) is 5.91. The number of fused-ring (bicyclic) bond motifs is 2. The number of rotatable bonds is 2. The first kappa shape index (κ1) is 15.0. The second-order valence-corrected chi connectivity index (χ2v) is 7.23. The number of hydrogen-bond acceptors (Lipinski definition) is 0. The van der Waals surface area contributed by atoms with E-state index in [4.69, 9.17) is 0 Å². The first-order valence-corrected chi connectivity index (χ1v) is 8.73.